The van der Waals surface area contributed by atoms with E-state index in [1.165, 1.54) is 0 Å². The van der Waals surface area contributed by atoms with Crippen molar-refractivity contribution in [3.63, 3.8) is 0 Å². The number of guanidine groups is 1. The van der Waals surface area contributed by atoms with Crippen LogP contribution in [0.1, 0.15) is 18.9 Å². The van der Waals surface area contributed by atoms with Gasteiger partial charge in [-0.3, -0.25) is 0 Å². The molecule has 0 radical (unpaired) electrons. The zero-order valence-electron chi connectivity index (χ0n) is 12.1. The van der Waals surface area contributed by atoms with Gasteiger partial charge in [0, 0.05) is 17.4 Å². The lowest BCUT2D eigenvalue weighted by Crippen LogP contribution is -2.22. The zero-order chi connectivity index (χ0) is 14.9. The molecule has 110 valence electrons. The van der Waals surface area contributed by atoms with E-state index in [0.717, 1.165) is 17.7 Å². The molecule has 21 heavy (non-hydrogen) atoms. The van der Waals surface area contributed by atoms with E-state index in [4.69, 9.17) is 10.5 Å². The predicted octanol–water partition coefficient (Wildman–Crippen LogP) is 2.80. The molecule has 0 aliphatic heterocycles. The van der Waals surface area contributed by atoms with Crippen molar-refractivity contribution in [3.8, 4) is 5.88 Å². The maximum atomic E-state index is 5.88. The average Bonchev–Trinajstić information content (AvgIpc) is 2.52. The number of aliphatic imine (C=N–C) groups is 1. The van der Waals surface area contributed by atoms with Crippen LogP contribution in [-0.2, 0) is 6.54 Å². The van der Waals surface area contributed by atoms with Gasteiger partial charge >= 0.3 is 0 Å². The highest BCUT2D eigenvalue weighted by Crippen LogP contribution is 2.15. The van der Waals surface area contributed by atoms with Gasteiger partial charge in [0.05, 0.1) is 13.2 Å². The summed E-state index contributed by atoms with van der Waals surface area (Å²) in [5.74, 6) is 0.988. The van der Waals surface area contributed by atoms with Crippen molar-refractivity contribution in [1.29, 1.82) is 0 Å². The van der Waals surface area contributed by atoms with E-state index in [1.54, 1.807) is 6.20 Å². The van der Waals surface area contributed by atoms with E-state index in [1.807, 2.05) is 42.5 Å². The molecule has 0 saturated heterocycles. The summed E-state index contributed by atoms with van der Waals surface area (Å²) < 4.78 is 5.60. The van der Waals surface area contributed by atoms with Crippen LogP contribution < -0.4 is 15.8 Å². The molecule has 1 aromatic carbocycles. The molecule has 5 nitrogen and oxygen atoms in total. The lowest BCUT2D eigenvalue weighted by atomic mass is 10.3. The molecule has 3 N–H and O–H groups in total. The Hall–Kier alpha value is -2.56. The normalized spacial score (nSPS) is 11.2. The van der Waals surface area contributed by atoms with Crippen molar-refractivity contribution in [2.24, 2.45) is 10.7 Å². The molecule has 0 spiro atoms. The second kappa shape index (κ2) is 7.89. The average molecular weight is 284 g/mol. The van der Waals surface area contributed by atoms with Crippen molar-refractivity contribution >= 4 is 11.6 Å². The summed E-state index contributed by atoms with van der Waals surface area (Å²) in [5, 5.41) is 3.04. The Morgan fingerprint density at radius 2 is 2.05 bits per heavy atom. The van der Waals surface area contributed by atoms with Crippen LogP contribution in [0.25, 0.3) is 0 Å². The highest BCUT2D eigenvalue weighted by Gasteiger charge is 2.04. The first-order chi connectivity index (χ1) is 10.3. The summed E-state index contributed by atoms with van der Waals surface area (Å²) in [6, 6.07) is 13.5. The van der Waals surface area contributed by atoms with Crippen LogP contribution in [0.4, 0.5) is 5.69 Å². The molecule has 0 aliphatic rings. The summed E-state index contributed by atoms with van der Waals surface area (Å²) in [6.07, 6.45) is 2.65. The second-order valence-electron chi connectivity index (χ2n) is 4.51. The Kier molecular flexibility index (Phi) is 5.58. The van der Waals surface area contributed by atoms with Crippen molar-refractivity contribution in [1.82, 2.24) is 4.98 Å². The third-order valence-corrected chi connectivity index (χ3v) is 2.76. The van der Waals surface area contributed by atoms with Crippen molar-refractivity contribution in [2.45, 2.75) is 19.9 Å². The minimum atomic E-state index is 0.367. The summed E-state index contributed by atoms with van der Waals surface area (Å²) in [7, 11) is 0. The van der Waals surface area contributed by atoms with Gasteiger partial charge in [-0.1, -0.05) is 31.2 Å². The van der Waals surface area contributed by atoms with Gasteiger partial charge in [0.2, 0.25) is 5.88 Å². The first kappa shape index (κ1) is 14.8. The summed E-state index contributed by atoms with van der Waals surface area (Å²) in [4.78, 5) is 8.55. The molecule has 0 aliphatic carbocycles. The van der Waals surface area contributed by atoms with Gasteiger partial charge in [-0.15, -0.1) is 0 Å². The maximum absolute atomic E-state index is 5.88. The summed E-state index contributed by atoms with van der Waals surface area (Å²) in [5.41, 5.74) is 7.71. The third kappa shape index (κ3) is 4.80. The van der Waals surface area contributed by atoms with Gasteiger partial charge in [0.15, 0.2) is 5.96 Å². The lowest BCUT2D eigenvalue weighted by Gasteiger charge is -2.08. The van der Waals surface area contributed by atoms with E-state index in [0.29, 0.717) is 25.0 Å². The van der Waals surface area contributed by atoms with Crippen LogP contribution in [0.2, 0.25) is 0 Å². The SMILES string of the molecule is CCCOc1ncccc1CN=C(N)Nc1ccccc1. The smallest absolute Gasteiger partial charge is 0.218 e. The number of nitrogens with zero attached hydrogens (tertiary/aromatic N) is 2. The number of hydrogen-bond donors (Lipinski definition) is 2. The van der Waals surface area contributed by atoms with Gasteiger partial charge in [-0.05, 0) is 24.6 Å². The largest absolute Gasteiger partial charge is 0.477 e. The van der Waals surface area contributed by atoms with Crippen LogP contribution >= 0.6 is 0 Å². The summed E-state index contributed by atoms with van der Waals surface area (Å²) in [6.45, 7) is 3.13. The molecule has 2 aromatic rings. The van der Waals surface area contributed by atoms with Crippen LogP contribution in [0, 0.1) is 0 Å². The van der Waals surface area contributed by atoms with Crippen molar-refractivity contribution in [2.75, 3.05) is 11.9 Å². The quantitative estimate of drug-likeness (QED) is 0.632. The Labute approximate surface area is 124 Å². The van der Waals surface area contributed by atoms with E-state index < -0.39 is 0 Å². The molecule has 0 bridgehead atoms. The molecule has 5 heteroatoms. The minimum Gasteiger partial charge on any atom is -0.477 e. The Balaban J connectivity index is 1.99. The van der Waals surface area contributed by atoms with Crippen molar-refractivity contribution in [3.05, 3.63) is 54.2 Å². The Morgan fingerprint density at radius 3 is 2.81 bits per heavy atom. The molecule has 2 rings (SSSR count). The molecule has 1 aromatic heterocycles. The van der Waals surface area contributed by atoms with Gasteiger partial charge < -0.3 is 15.8 Å². The minimum absolute atomic E-state index is 0.367. The zero-order valence-corrected chi connectivity index (χ0v) is 12.1. The van der Waals surface area contributed by atoms with Crippen LogP contribution in [0.5, 0.6) is 5.88 Å². The Bertz CT molecular complexity index is 584. The fourth-order valence-electron chi connectivity index (χ4n) is 1.75. The van der Waals surface area contributed by atoms with E-state index in [9.17, 15) is 0 Å². The molecule has 0 atom stereocenters. The van der Waals surface area contributed by atoms with E-state index in [2.05, 4.69) is 22.2 Å². The Morgan fingerprint density at radius 1 is 1.24 bits per heavy atom. The second-order valence-corrected chi connectivity index (χ2v) is 4.51. The number of ether oxygens (including phenoxy) is 1. The van der Waals surface area contributed by atoms with Crippen LogP contribution in [0.15, 0.2) is 53.7 Å². The molecule has 1 heterocycles. The number of rotatable bonds is 6. The monoisotopic (exact) mass is 284 g/mol. The van der Waals surface area contributed by atoms with Gasteiger partial charge in [0.25, 0.3) is 0 Å². The highest BCUT2D eigenvalue weighted by molar-refractivity contribution is 5.92. The number of nitrogens with two attached hydrogens (primary N) is 1. The van der Waals surface area contributed by atoms with Gasteiger partial charge in [-0.25, -0.2) is 9.98 Å². The topological polar surface area (TPSA) is 72.5 Å². The van der Waals surface area contributed by atoms with E-state index in [-0.39, 0.29) is 0 Å². The molecule has 0 fully saturated rings. The number of aromatic nitrogens is 1. The number of hydrogen-bond acceptors (Lipinski definition) is 3. The maximum Gasteiger partial charge on any atom is 0.218 e. The number of anilines is 1. The number of benzene rings is 1. The highest BCUT2D eigenvalue weighted by atomic mass is 16.5. The van der Waals surface area contributed by atoms with E-state index >= 15 is 0 Å². The number of nitrogens with one attached hydrogen (secondary N) is 1. The molecule has 0 saturated carbocycles. The van der Waals surface area contributed by atoms with Crippen molar-refractivity contribution < 1.29 is 4.74 Å². The number of pyridine rings is 1. The van der Waals surface area contributed by atoms with Crippen LogP contribution in [-0.4, -0.2) is 17.6 Å². The molecular weight excluding hydrogens is 264 g/mol. The molecule has 0 amide bonds. The summed E-state index contributed by atoms with van der Waals surface area (Å²) >= 11 is 0. The first-order valence-electron chi connectivity index (χ1n) is 6.98. The first-order valence-corrected chi connectivity index (χ1v) is 6.98. The molecular formula is C16H20N4O. The predicted molar refractivity (Wildman–Crippen MR) is 85.4 cm³/mol. The third-order valence-electron chi connectivity index (χ3n) is 2.76. The van der Waals surface area contributed by atoms with Gasteiger partial charge in [0.1, 0.15) is 0 Å². The lowest BCUT2D eigenvalue weighted by molar-refractivity contribution is 0.302. The van der Waals surface area contributed by atoms with Crippen LogP contribution in [0.3, 0.4) is 0 Å². The fourth-order valence-corrected chi connectivity index (χ4v) is 1.75. The standard InChI is InChI=1S/C16H20N4O/c1-2-11-21-15-13(7-6-10-18-15)12-19-16(17)20-14-8-4-3-5-9-14/h3-10H,2,11-12H2,1H3,(H3,17,19,20). The van der Waals surface area contributed by atoms with Gasteiger partial charge in [-0.2, -0.15) is 0 Å². The number of para-hydroxylation sites is 1. The fraction of sp³-hybridized carbons (Fsp3) is 0.250. The molecule has 0 unspecified atom stereocenters.